The summed E-state index contributed by atoms with van der Waals surface area (Å²) >= 11 is 0. The molecule has 2 aliphatic rings. The number of anilines is 1. The molecule has 0 spiro atoms. The number of hydrogen-bond donors (Lipinski definition) is 1. The van der Waals surface area contributed by atoms with Crippen molar-refractivity contribution in [1.82, 2.24) is 0 Å². The van der Waals surface area contributed by atoms with Gasteiger partial charge in [0.2, 0.25) is 6.79 Å². The molecule has 0 unspecified atom stereocenters. The maximum absolute atomic E-state index is 12.1. The number of rotatable bonds is 1. The minimum atomic E-state index is -0.108. The Morgan fingerprint density at radius 3 is 2.59 bits per heavy atom. The Labute approximate surface area is 127 Å². The van der Waals surface area contributed by atoms with Crippen molar-refractivity contribution in [2.75, 3.05) is 19.6 Å². The van der Waals surface area contributed by atoms with Gasteiger partial charge in [0.1, 0.15) is 5.75 Å². The number of ketones is 1. The lowest BCUT2D eigenvalue weighted by Crippen LogP contribution is -2.07. The molecule has 0 atom stereocenters. The van der Waals surface area contributed by atoms with Crippen LogP contribution in [0.3, 0.4) is 0 Å². The fraction of sp³-hybridized carbons (Fsp3) is 0.118. The second-order valence-electron chi connectivity index (χ2n) is 4.76. The number of carbonyl (C=O) groups excluding carboxylic acids is 1. The van der Waals surface area contributed by atoms with Crippen molar-refractivity contribution in [3.05, 3.63) is 53.6 Å². The highest BCUT2D eigenvalue weighted by Crippen LogP contribution is 2.33. The van der Waals surface area contributed by atoms with E-state index in [1.54, 1.807) is 42.5 Å². The van der Waals surface area contributed by atoms with Crippen molar-refractivity contribution in [3.8, 4) is 17.2 Å². The lowest BCUT2D eigenvalue weighted by Gasteiger charge is -2.13. The van der Waals surface area contributed by atoms with Crippen molar-refractivity contribution in [2.24, 2.45) is 0 Å². The molecule has 2 N–H and O–H groups in total. The zero-order chi connectivity index (χ0) is 15.5. The largest absolute Gasteiger partial charge is 0.493 e. The molecule has 5 heteroatoms. The molecule has 22 heavy (non-hydrogen) atoms. The molecule has 0 fully saturated rings. The Kier molecular flexibility index (Phi) is 3.70. The number of allylic oxidation sites excluding steroid dienone is 1. The van der Waals surface area contributed by atoms with Gasteiger partial charge in [-0.3, -0.25) is 4.79 Å². The van der Waals surface area contributed by atoms with Gasteiger partial charge in [-0.1, -0.05) is 0 Å². The van der Waals surface area contributed by atoms with Crippen molar-refractivity contribution in [1.29, 1.82) is 0 Å². The molecular weight excluding hydrogens is 282 g/mol. The van der Waals surface area contributed by atoms with E-state index in [4.69, 9.17) is 19.9 Å². The van der Waals surface area contributed by atoms with Crippen molar-refractivity contribution >= 4 is 17.5 Å². The fourth-order valence-electron chi connectivity index (χ4n) is 2.15. The highest BCUT2D eigenvalue weighted by Gasteiger charge is 2.11. The summed E-state index contributed by atoms with van der Waals surface area (Å²) in [7, 11) is 1.54. The number of ether oxygens (including phenoxy) is 3. The molecule has 4 bridgehead atoms. The van der Waals surface area contributed by atoms with Gasteiger partial charge in [-0.05, 0) is 42.5 Å². The Morgan fingerprint density at radius 1 is 1.09 bits per heavy atom. The summed E-state index contributed by atoms with van der Waals surface area (Å²) in [5, 5.41) is 0. The molecule has 2 aliphatic heterocycles. The van der Waals surface area contributed by atoms with E-state index in [1.807, 2.05) is 0 Å². The Hall–Kier alpha value is -2.95. The average molecular weight is 297 g/mol. The molecule has 0 amide bonds. The van der Waals surface area contributed by atoms with Crippen molar-refractivity contribution < 1.29 is 19.0 Å². The van der Waals surface area contributed by atoms with Gasteiger partial charge < -0.3 is 19.9 Å². The Bertz CT molecular complexity index is 735. The van der Waals surface area contributed by atoms with Crippen LogP contribution in [0.5, 0.6) is 17.2 Å². The van der Waals surface area contributed by atoms with Gasteiger partial charge >= 0.3 is 0 Å². The van der Waals surface area contributed by atoms with Gasteiger partial charge in [-0.15, -0.1) is 0 Å². The van der Waals surface area contributed by atoms with Crippen LogP contribution in [-0.4, -0.2) is 19.7 Å². The number of benzene rings is 2. The van der Waals surface area contributed by atoms with E-state index >= 15 is 0 Å². The summed E-state index contributed by atoms with van der Waals surface area (Å²) in [6, 6.07) is 10.2. The van der Waals surface area contributed by atoms with Crippen LogP contribution in [-0.2, 0) is 0 Å². The van der Waals surface area contributed by atoms with E-state index in [9.17, 15) is 4.79 Å². The van der Waals surface area contributed by atoms with Gasteiger partial charge in [-0.2, -0.15) is 0 Å². The first-order valence-electron chi connectivity index (χ1n) is 6.73. The van der Waals surface area contributed by atoms with E-state index in [2.05, 4.69) is 0 Å². The van der Waals surface area contributed by atoms with Crippen LogP contribution in [0.2, 0.25) is 0 Å². The Morgan fingerprint density at radius 2 is 1.86 bits per heavy atom. The minimum Gasteiger partial charge on any atom is -0.493 e. The van der Waals surface area contributed by atoms with E-state index in [1.165, 1.54) is 13.2 Å². The first kappa shape index (κ1) is 14.0. The minimum absolute atomic E-state index is 0.0245. The molecular formula is C17H15NO4. The SMILES string of the molecule is COc1cc(N)c2cc1OCOc1ccc(cc1)C(=O)C=C2. The number of hydrogen-bond acceptors (Lipinski definition) is 5. The lowest BCUT2D eigenvalue weighted by molar-refractivity contribution is 0.104. The van der Waals surface area contributed by atoms with Crippen LogP contribution in [0.1, 0.15) is 15.9 Å². The second kappa shape index (κ2) is 5.81. The predicted octanol–water partition coefficient (Wildman–Crippen LogP) is 2.90. The quantitative estimate of drug-likeness (QED) is 0.819. The van der Waals surface area contributed by atoms with E-state index < -0.39 is 0 Å². The van der Waals surface area contributed by atoms with E-state index in [0.29, 0.717) is 34.1 Å². The second-order valence-corrected chi connectivity index (χ2v) is 4.76. The molecule has 2 aromatic rings. The number of fused-ring (bicyclic) bond motifs is 5. The molecule has 0 aliphatic carbocycles. The summed E-state index contributed by atoms with van der Waals surface area (Å²) in [6.45, 7) is 0.0245. The summed E-state index contributed by atoms with van der Waals surface area (Å²) < 4.78 is 16.3. The third kappa shape index (κ3) is 2.74. The fourth-order valence-corrected chi connectivity index (χ4v) is 2.15. The number of methoxy groups -OCH3 is 1. The van der Waals surface area contributed by atoms with Crippen molar-refractivity contribution in [3.63, 3.8) is 0 Å². The number of nitrogen functional groups attached to an aromatic ring is 1. The topological polar surface area (TPSA) is 70.8 Å². The summed E-state index contributed by atoms with van der Waals surface area (Å²) in [4.78, 5) is 12.1. The molecule has 0 radical (unpaired) electrons. The predicted molar refractivity (Wildman–Crippen MR) is 83.3 cm³/mol. The van der Waals surface area contributed by atoms with Crippen molar-refractivity contribution in [2.45, 2.75) is 0 Å². The molecule has 0 saturated carbocycles. The highest BCUT2D eigenvalue weighted by molar-refractivity contribution is 6.07. The third-order valence-electron chi connectivity index (χ3n) is 3.36. The molecule has 2 aromatic carbocycles. The maximum Gasteiger partial charge on any atom is 0.231 e. The normalized spacial score (nSPS) is 13.4. The molecule has 5 nitrogen and oxygen atoms in total. The number of nitrogens with two attached hydrogens (primary N) is 1. The van der Waals surface area contributed by atoms with Gasteiger partial charge in [0, 0.05) is 22.9 Å². The van der Waals surface area contributed by atoms with Crippen LogP contribution >= 0.6 is 0 Å². The van der Waals surface area contributed by atoms with Crippen LogP contribution in [0.4, 0.5) is 5.69 Å². The van der Waals surface area contributed by atoms with Crippen LogP contribution in [0.15, 0.2) is 42.5 Å². The molecule has 112 valence electrons. The molecule has 4 rings (SSSR count). The molecule has 0 saturated heterocycles. The monoisotopic (exact) mass is 297 g/mol. The Balaban J connectivity index is 2.06. The van der Waals surface area contributed by atoms with Gasteiger partial charge in [0.15, 0.2) is 17.3 Å². The summed E-state index contributed by atoms with van der Waals surface area (Å²) in [5.41, 5.74) is 7.73. The van der Waals surface area contributed by atoms with Crippen LogP contribution < -0.4 is 19.9 Å². The molecule has 0 aromatic heterocycles. The zero-order valence-corrected chi connectivity index (χ0v) is 12.0. The van der Waals surface area contributed by atoms with Gasteiger partial charge in [0.05, 0.1) is 7.11 Å². The zero-order valence-electron chi connectivity index (χ0n) is 12.0. The molecule has 2 heterocycles. The number of carbonyl (C=O) groups is 1. The van der Waals surface area contributed by atoms with Crippen LogP contribution in [0, 0.1) is 0 Å². The first-order valence-corrected chi connectivity index (χ1v) is 6.73. The smallest absolute Gasteiger partial charge is 0.231 e. The standard InChI is InChI=1S/C17H15NO4/c1-20-16-9-14(18)12-4-7-15(19)11-2-5-13(6-3-11)21-10-22-17(16)8-12/h2-9H,10,18H2,1H3. The lowest BCUT2D eigenvalue weighted by atomic mass is 10.1. The van der Waals surface area contributed by atoms with Gasteiger partial charge in [-0.25, -0.2) is 0 Å². The third-order valence-corrected chi connectivity index (χ3v) is 3.36. The first-order chi connectivity index (χ1) is 10.7. The maximum atomic E-state index is 12.1. The van der Waals surface area contributed by atoms with E-state index in [-0.39, 0.29) is 12.6 Å². The van der Waals surface area contributed by atoms with E-state index in [0.717, 1.165) is 0 Å². The summed E-state index contributed by atoms with van der Waals surface area (Å²) in [6.07, 6.45) is 3.15. The average Bonchev–Trinajstić information content (AvgIpc) is 2.56. The highest BCUT2D eigenvalue weighted by atomic mass is 16.7. The van der Waals surface area contributed by atoms with Gasteiger partial charge in [0.25, 0.3) is 0 Å². The summed E-state index contributed by atoms with van der Waals surface area (Å²) in [5.74, 6) is 1.52. The van der Waals surface area contributed by atoms with Crippen LogP contribution in [0.25, 0.3) is 6.08 Å².